The van der Waals surface area contributed by atoms with Crippen molar-refractivity contribution in [2.24, 2.45) is 5.92 Å². The summed E-state index contributed by atoms with van der Waals surface area (Å²) in [6, 6.07) is 14.3. The van der Waals surface area contributed by atoms with E-state index in [2.05, 4.69) is 17.1 Å². The van der Waals surface area contributed by atoms with Crippen LogP contribution in [0.4, 0.5) is 0 Å². The van der Waals surface area contributed by atoms with E-state index in [1.807, 2.05) is 47.4 Å². The van der Waals surface area contributed by atoms with E-state index >= 15 is 0 Å². The fourth-order valence-corrected chi connectivity index (χ4v) is 4.77. The van der Waals surface area contributed by atoms with Gasteiger partial charge in [0.15, 0.2) is 0 Å². The predicted octanol–water partition coefficient (Wildman–Crippen LogP) is 3.71. The number of nitrogens with zero attached hydrogens (tertiary/aromatic N) is 2. The largest absolute Gasteiger partial charge is 0.339 e. The van der Waals surface area contributed by atoms with Crippen LogP contribution >= 0.6 is 12.4 Å². The lowest BCUT2D eigenvalue weighted by molar-refractivity contribution is -0.139. The molecule has 2 aliphatic rings. The van der Waals surface area contributed by atoms with Crippen LogP contribution in [0.25, 0.3) is 10.8 Å². The molecule has 2 aromatic carbocycles. The maximum absolute atomic E-state index is 13.2. The van der Waals surface area contributed by atoms with E-state index in [4.69, 9.17) is 0 Å². The number of hydrogen-bond donors (Lipinski definition) is 1. The third kappa shape index (κ3) is 4.62. The molecule has 0 bridgehead atoms. The second-order valence-electron chi connectivity index (χ2n) is 8.27. The molecule has 2 amide bonds. The maximum Gasteiger partial charge on any atom is 0.254 e. The Labute approximate surface area is 185 Å². The van der Waals surface area contributed by atoms with Crippen LogP contribution in [-0.2, 0) is 4.79 Å². The standard InChI is InChI=1S/C24H31N3O2.ClH/c1-2-14-27(20-10-13-25-17-20)23(28)19-11-15-26(16-12-19)24(29)22-9-5-7-18-6-3-4-8-21(18)22;/h3-9,19-20,25H,2,10-17H2,1H3;1H. The minimum absolute atomic E-state index is 0. The third-order valence-corrected chi connectivity index (χ3v) is 6.37. The third-order valence-electron chi connectivity index (χ3n) is 6.37. The second-order valence-corrected chi connectivity index (χ2v) is 8.27. The molecular formula is C24H32ClN3O2. The number of hydrogen-bond acceptors (Lipinski definition) is 3. The molecule has 1 atom stereocenters. The first-order chi connectivity index (χ1) is 14.2. The van der Waals surface area contributed by atoms with Crippen molar-refractivity contribution in [2.45, 2.75) is 38.6 Å². The number of nitrogens with one attached hydrogen (secondary N) is 1. The van der Waals surface area contributed by atoms with Gasteiger partial charge in [-0.05, 0) is 49.1 Å². The zero-order valence-electron chi connectivity index (χ0n) is 17.7. The van der Waals surface area contributed by atoms with Gasteiger partial charge in [0.2, 0.25) is 5.91 Å². The highest BCUT2D eigenvalue weighted by molar-refractivity contribution is 6.07. The Hall–Kier alpha value is -2.11. The molecule has 0 spiro atoms. The summed E-state index contributed by atoms with van der Waals surface area (Å²) in [6.07, 6.45) is 3.55. The molecule has 1 unspecified atom stereocenters. The van der Waals surface area contributed by atoms with Crippen LogP contribution in [-0.4, -0.2) is 60.4 Å². The number of likely N-dealkylation sites (tertiary alicyclic amines) is 1. The van der Waals surface area contributed by atoms with Crippen molar-refractivity contribution in [3.05, 3.63) is 48.0 Å². The van der Waals surface area contributed by atoms with E-state index < -0.39 is 0 Å². The van der Waals surface area contributed by atoms with Crippen molar-refractivity contribution in [1.29, 1.82) is 0 Å². The molecule has 2 aromatic rings. The summed E-state index contributed by atoms with van der Waals surface area (Å²) in [6.45, 7) is 6.18. The van der Waals surface area contributed by atoms with Gasteiger partial charge < -0.3 is 15.1 Å². The average Bonchev–Trinajstić information content (AvgIpc) is 3.31. The van der Waals surface area contributed by atoms with Crippen LogP contribution in [0.3, 0.4) is 0 Å². The minimum Gasteiger partial charge on any atom is -0.339 e. The van der Waals surface area contributed by atoms with Crippen molar-refractivity contribution < 1.29 is 9.59 Å². The predicted molar refractivity (Wildman–Crippen MR) is 123 cm³/mol. The van der Waals surface area contributed by atoms with E-state index in [9.17, 15) is 9.59 Å². The van der Waals surface area contributed by atoms with E-state index in [1.165, 1.54) is 0 Å². The topological polar surface area (TPSA) is 52.7 Å². The van der Waals surface area contributed by atoms with Gasteiger partial charge in [-0.3, -0.25) is 9.59 Å². The van der Waals surface area contributed by atoms with Crippen molar-refractivity contribution in [2.75, 3.05) is 32.7 Å². The van der Waals surface area contributed by atoms with E-state index in [1.54, 1.807) is 0 Å². The Bertz CT molecular complexity index is 868. The van der Waals surface area contributed by atoms with E-state index in [0.717, 1.165) is 61.7 Å². The molecular weight excluding hydrogens is 398 g/mol. The van der Waals surface area contributed by atoms with Gasteiger partial charge in [-0.25, -0.2) is 0 Å². The molecule has 0 radical (unpaired) electrons. The fourth-order valence-electron chi connectivity index (χ4n) is 4.77. The lowest BCUT2D eigenvalue weighted by atomic mass is 9.93. The van der Waals surface area contributed by atoms with Gasteiger partial charge in [0.1, 0.15) is 0 Å². The number of piperidine rings is 1. The number of halogens is 1. The Balaban J connectivity index is 0.00000256. The van der Waals surface area contributed by atoms with Gasteiger partial charge in [0.25, 0.3) is 5.91 Å². The van der Waals surface area contributed by atoms with Crippen LogP contribution in [0.2, 0.25) is 0 Å². The Kier molecular flexibility index (Phi) is 7.73. The van der Waals surface area contributed by atoms with Gasteiger partial charge >= 0.3 is 0 Å². The van der Waals surface area contributed by atoms with Crippen LogP contribution < -0.4 is 5.32 Å². The summed E-state index contributed by atoms with van der Waals surface area (Å²) in [4.78, 5) is 30.4. The molecule has 0 saturated carbocycles. The zero-order chi connectivity index (χ0) is 20.2. The molecule has 2 heterocycles. The quantitative estimate of drug-likeness (QED) is 0.788. The molecule has 2 fully saturated rings. The summed E-state index contributed by atoms with van der Waals surface area (Å²) in [5.41, 5.74) is 0.762. The van der Waals surface area contributed by atoms with E-state index in [-0.39, 0.29) is 30.1 Å². The first-order valence-corrected chi connectivity index (χ1v) is 11.0. The van der Waals surface area contributed by atoms with Crippen molar-refractivity contribution in [1.82, 2.24) is 15.1 Å². The summed E-state index contributed by atoms with van der Waals surface area (Å²) in [5, 5.41) is 5.46. The van der Waals surface area contributed by atoms with Gasteiger partial charge in [-0.2, -0.15) is 0 Å². The number of amides is 2. The highest BCUT2D eigenvalue weighted by Crippen LogP contribution is 2.26. The number of fused-ring (bicyclic) bond motifs is 1. The van der Waals surface area contributed by atoms with Crippen LogP contribution in [0.15, 0.2) is 42.5 Å². The number of rotatable bonds is 5. The number of carbonyl (C=O) groups is 2. The smallest absolute Gasteiger partial charge is 0.254 e. The molecule has 6 heteroatoms. The van der Waals surface area contributed by atoms with Crippen molar-refractivity contribution in [3.63, 3.8) is 0 Å². The molecule has 5 nitrogen and oxygen atoms in total. The Morgan fingerprint density at radius 1 is 1.07 bits per heavy atom. The van der Waals surface area contributed by atoms with Gasteiger partial charge in [0, 0.05) is 43.7 Å². The van der Waals surface area contributed by atoms with Gasteiger partial charge in [-0.1, -0.05) is 43.3 Å². The Morgan fingerprint density at radius 2 is 1.80 bits per heavy atom. The number of benzene rings is 2. The lowest BCUT2D eigenvalue weighted by Crippen LogP contribution is -2.48. The number of carbonyl (C=O) groups excluding carboxylic acids is 2. The summed E-state index contributed by atoms with van der Waals surface area (Å²) < 4.78 is 0. The molecule has 162 valence electrons. The summed E-state index contributed by atoms with van der Waals surface area (Å²) >= 11 is 0. The zero-order valence-corrected chi connectivity index (χ0v) is 18.5. The highest BCUT2D eigenvalue weighted by atomic mass is 35.5. The van der Waals surface area contributed by atoms with Crippen molar-refractivity contribution >= 4 is 35.0 Å². The average molecular weight is 430 g/mol. The van der Waals surface area contributed by atoms with Crippen molar-refractivity contribution in [3.8, 4) is 0 Å². The van der Waals surface area contributed by atoms with Crippen LogP contribution in [0, 0.1) is 5.92 Å². The van der Waals surface area contributed by atoms with Crippen LogP contribution in [0.5, 0.6) is 0 Å². The summed E-state index contributed by atoms with van der Waals surface area (Å²) in [7, 11) is 0. The molecule has 0 aromatic heterocycles. The summed E-state index contributed by atoms with van der Waals surface area (Å²) in [5.74, 6) is 0.412. The molecule has 30 heavy (non-hydrogen) atoms. The molecule has 0 aliphatic carbocycles. The monoisotopic (exact) mass is 429 g/mol. The van der Waals surface area contributed by atoms with Gasteiger partial charge in [-0.15, -0.1) is 12.4 Å². The molecule has 4 rings (SSSR count). The van der Waals surface area contributed by atoms with Crippen LogP contribution in [0.1, 0.15) is 43.0 Å². The Morgan fingerprint density at radius 3 is 2.50 bits per heavy atom. The maximum atomic E-state index is 13.2. The SMILES string of the molecule is CCCN(C(=O)C1CCN(C(=O)c2cccc3ccccc23)CC1)C1CCNC1.Cl. The normalized spacial score (nSPS) is 19.5. The minimum atomic E-state index is 0. The van der Waals surface area contributed by atoms with Gasteiger partial charge in [0.05, 0.1) is 0 Å². The molecule has 2 aliphatic heterocycles. The molecule has 2 saturated heterocycles. The lowest BCUT2D eigenvalue weighted by Gasteiger charge is -2.36. The van der Waals surface area contributed by atoms with E-state index in [0.29, 0.717) is 19.1 Å². The first kappa shape index (κ1) is 22.6. The molecule has 1 N–H and O–H groups in total. The fraction of sp³-hybridized carbons (Fsp3) is 0.500. The first-order valence-electron chi connectivity index (χ1n) is 11.0. The highest BCUT2D eigenvalue weighted by Gasteiger charge is 2.34. The second kappa shape index (κ2) is 10.3.